The Hall–Kier alpha value is -2.34. The van der Waals surface area contributed by atoms with Gasteiger partial charge in [-0.05, 0) is 30.5 Å². The summed E-state index contributed by atoms with van der Waals surface area (Å²) in [5, 5.41) is 16.2. The van der Waals surface area contributed by atoms with Crippen molar-refractivity contribution in [2.75, 3.05) is 6.26 Å². The zero-order valence-electron chi connectivity index (χ0n) is 10.9. The molecule has 0 amide bonds. The standard InChI is InChI=1S/C14H13N5S/c1-20-12-8-4-7-11(13(12)14(15)16)19-10-6-3-2-5-9(10)17-18-19/h2-8H,1H3,(H3,15,16). The summed E-state index contributed by atoms with van der Waals surface area (Å²) in [7, 11) is 0. The Morgan fingerprint density at radius 1 is 1.20 bits per heavy atom. The highest BCUT2D eigenvalue weighted by Gasteiger charge is 2.15. The number of nitrogens with one attached hydrogen (secondary N) is 1. The van der Waals surface area contributed by atoms with Crippen LogP contribution in [0.3, 0.4) is 0 Å². The molecule has 0 aliphatic carbocycles. The molecule has 0 fully saturated rings. The quantitative estimate of drug-likeness (QED) is 0.439. The molecule has 3 N–H and O–H groups in total. The molecule has 5 nitrogen and oxygen atoms in total. The van der Waals surface area contributed by atoms with E-state index in [0.29, 0.717) is 5.56 Å². The molecule has 1 aromatic heterocycles. The normalized spacial score (nSPS) is 10.8. The number of aromatic nitrogens is 3. The van der Waals surface area contributed by atoms with Crippen LogP contribution in [0, 0.1) is 5.41 Å². The molecule has 0 aliphatic heterocycles. The Kier molecular flexibility index (Phi) is 3.15. The average molecular weight is 283 g/mol. The Morgan fingerprint density at radius 3 is 2.75 bits per heavy atom. The van der Waals surface area contributed by atoms with Crippen LogP contribution in [-0.2, 0) is 0 Å². The number of rotatable bonds is 3. The van der Waals surface area contributed by atoms with Crippen LogP contribution in [0.2, 0.25) is 0 Å². The van der Waals surface area contributed by atoms with Crippen LogP contribution in [0.4, 0.5) is 0 Å². The molecule has 6 heteroatoms. The molecule has 0 atom stereocenters. The maximum Gasteiger partial charge on any atom is 0.126 e. The number of fused-ring (bicyclic) bond motifs is 1. The predicted octanol–water partition coefficient (Wildman–Crippen LogP) is 2.43. The van der Waals surface area contributed by atoms with Gasteiger partial charge in [0.1, 0.15) is 11.4 Å². The number of hydrogen-bond acceptors (Lipinski definition) is 4. The Balaban J connectivity index is 2.32. The van der Waals surface area contributed by atoms with Crippen molar-refractivity contribution in [2.24, 2.45) is 5.73 Å². The summed E-state index contributed by atoms with van der Waals surface area (Å²) in [6.07, 6.45) is 1.96. The first-order chi connectivity index (χ1) is 9.72. The fourth-order valence-electron chi connectivity index (χ4n) is 2.18. The number of nitrogens with two attached hydrogens (primary N) is 1. The minimum Gasteiger partial charge on any atom is -0.384 e. The lowest BCUT2D eigenvalue weighted by Crippen LogP contribution is -2.16. The fraction of sp³-hybridized carbons (Fsp3) is 0.0714. The van der Waals surface area contributed by atoms with Crippen LogP contribution in [-0.4, -0.2) is 27.1 Å². The number of benzene rings is 2. The van der Waals surface area contributed by atoms with E-state index in [-0.39, 0.29) is 5.84 Å². The van der Waals surface area contributed by atoms with Crippen molar-refractivity contribution in [3.05, 3.63) is 48.0 Å². The molecule has 100 valence electrons. The number of hydrogen-bond donors (Lipinski definition) is 2. The number of para-hydroxylation sites is 1. The summed E-state index contributed by atoms with van der Waals surface area (Å²) in [5.41, 5.74) is 8.93. The van der Waals surface area contributed by atoms with Crippen molar-refractivity contribution in [3.63, 3.8) is 0 Å². The molecule has 3 rings (SSSR count). The van der Waals surface area contributed by atoms with Crippen LogP contribution in [0.25, 0.3) is 16.7 Å². The van der Waals surface area contributed by atoms with Gasteiger partial charge in [-0.25, -0.2) is 4.68 Å². The van der Waals surface area contributed by atoms with Crippen LogP contribution in [0.5, 0.6) is 0 Å². The van der Waals surface area contributed by atoms with Crippen molar-refractivity contribution in [1.29, 1.82) is 5.41 Å². The molecule has 0 radical (unpaired) electrons. The summed E-state index contributed by atoms with van der Waals surface area (Å²) >= 11 is 1.56. The van der Waals surface area contributed by atoms with E-state index in [1.54, 1.807) is 16.4 Å². The highest BCUT2D eigenvalue weighted by Crippen LogP contribution is 2.27. The smallest absolute Gasteiger partial charge is 0.126 e. The third-order valence-corrected chi connectivity index (χ3v) is 3.85. The van der Waals surface area contributed by atoms with Crippen LogP contribution in [0.1, 0.15) is 5.56 Å². The molecule has 20 heavy (non-hydrogen) atoms. The fourth-order valence-corrected chi connectivity index (χ4v) is 2.82. The second kappa shape index (κ2) is 4.97. The molecule has 3 aromatic rings. The second-order valence-electron chi connectivity index (χ2n) is 4.26. The monoisotopic (exact) mass is 283 g/mol. The minimum atomic E-state index is 0.0320. The largest absolute Gasteiger partial charge is 0.384 e. The second-order valence-corrected chi connectivity index (χ2v) is 5.11. The molecular weight excluding hydrogens is 270 g/mol. The van der Waals surface area contributed by atoms with E-state index in [2.05, 4.69) is 10.3 Å². The zero-order chi connectivity index (χ0) is 14.1. The minimum absolute atomic E-state index is 0.0320. The number of thioether (sulfide) groups is 1. The first kappa shape index (κ1) is 12.7. The lowest BCUT2D eigenvalue weighted by atomic mass is 10.1. The van der Waals surface area contributed by atoms with Gasteiger partial charge in [-0.3, -0.25) is 5.41 Å². The van der Waals surface area contributed by atoms with E-state index in [0.717, 1.165) is 21.6 Å². The van der Waals surface area contributed by atoms with Gasteiger partial charge >= 0.3 is 0 Å². The summed E-state index contributed by atoms with van der Waals surface area (Å²) in [4.78, 5) is 0.953. The van der Waals surface area contributed by atoms with Crippen LogP contribution < -0.4 is 5.73 Å². The maximum atomic E-state index is 7.83. The molecule has 1 heterocycles. The van der Waals surface area contributed by atoms with E-state index in [9.17, 15) is 0 Å². The van der Waals surface area contributed by atoms with Gasteiger partial charge in [0.15, 0.2) is 0 Å². The molecule has 0 unspecified atom stereocenters. The molecule has 2 aromatic carbocycles. The SMILES string of the molecule is CSc1cccc(-n2nnc3ccccc32)c1C(=N)N. The Labute approximate surface area is 120 Å². The highest BCUT2D eigenvalue weighted by atomic mass is 32.2. The predicted molar refractivity (Wildman–Crippen MR) is 81.7 cm³/mol. The van der Waals surface area contributed by atoms with Crippen molar-refractivity contribution < 1.29 is 0 Å². The van der Waals surface area contributed by atoms with Crippen molar-refractivity contribution in [1.82, 2.24) is 15.0 Å². The third kappa shape index (κ3) is 1.94. The lowest BCUT2D eigenvalue weighted by Gasteiger charge is -2.12. The topological polar surface area (TPSA) is 80.6 Å². The molecule has 0 saturated carbocycles. The Morgan fingerprint density at radius 2 is 2.00 bits per heavy atom. The van der Waals surface area contributed by atoms with Gasteiger partial charge in [0.2, 0.25) is 0 Å². The number of nitrogens with zero attached hydrogens (tertiary/aromatic N) is 3. The van der Waals surface area contributed by atoms with E-state index < -0.39 is 0 Å². The first-order valence-corrected chi connectivity index (χ1v) is 7.27. The summed E-state index contributed by atoms with van der Waals surface area (Å²) in [5.74, 6) is 0.0320. The van der Waals surface area contributed by atoms with Gasteiger partial charge in [0.25, 0.3) is 0 Å². The van der Waals surface area contributed by atoms with Gasteiger partial charge in [0, 0.05) is 4.90 Å². The van der Waals surface area contributed by atoms with Gasteiger partial charge in [0.05, 0.1) is 16.8 Å². The van der Waals surface area contributed by atoms with Crippen molar-refractivity contribution >= 4 is 28.6 Å². The summed E-state index contributed by atoms with van der Waals surface area (Å²) < 4.78 is 1.73. The van der Waals surface area contributed by atoms with E-state index in [1.807, 2.05) is 48.7 Å². The number of amidine groups is 1. The average Bonchev–Trinajstić information content (AvgIpc) is 2.90. The molecule has 0 spiro atoms. The van der Waals surface area contributed by atoms with E-state index >= 15 is 0 Å². The number of nitrogen functional groups attached to an aromatic ring is 1. The molecule has 0 bridgehead atoms. The van der Waals surface area contributed by atoms with E-state index in [4.69, 9.17) is 11.1 Å². The third-order valence-electron chi connectivity index (χ3n) is 3.07. The first-order valence-electron chi connectivity index (χ1n) is 6.04. The highest BCUT2D eigenvalue weighted by molar-refractivity contribution is 7.98. The maximum absolute atomic E-state index is 7.83. The molecular formula is C14H13N5S. The molecule has 0 saturated heterocycles. The zero-order valence-corrected chi connectivity index (χ0v) is 11.7. The van der Waals surface area contributed by atoms with E-state index in [1.165, 1.54) is 0 Å². The summed E-state index contributed by atoms with van der Waals surface area (Å²) in [6, 6.07) is 13.5. The molecule has 0 aliphatic rings. The summed E-state index contributed by atoms with van der Waals surface area (Å²) in [6.45, 7) is 0. The van der Waals surface area contributed by atoms with Gasteiger partial charge in [-0.1, -0.05) is 23.4 Å². The van der Waals surface area contributed by atoms with Gasteiger partial charge in [-0.2, -0.15) is 0 Å². The van der Waals surface area contributed by atoms with Crippen LogP contribution in [0.15, 0.2) is 47.4 Å². The van der Waals surface area contributed by atoms with Crippen molar-refractivity contribution in [2.45, 2.75) is 4.90 Å². The van der Waals surface area contributed by atoms with Crippen LogP contribution >= 0.6 is 11.8 Å². The Bertz CT molecular complexity index is 793. The van der Waals surface area contributed by atoms with Gasteiger partial charge < -0.3 is 5.73 Å². The van der Waals surface area contributed by atoms with Crippen molar-refractivity contribution in [3.8, 4) is 5.69 Å². The lowest BCUT2D eigenvalue weighted by molar-refractivity contribution is 0.820. The van der Waals surface area contributed by atoms with Gasteiger partial charge in [-0.15, -0.1) is 16.9 Å².